The zero-order valence-corrected chi connectivity index (χ0v) is 18.2. The molecule has 0 radical (unpaired) electrons. The number of nitrogens with one attached hydrogen (secondary N) is 1. The highest BCUT2D eigenvalue weighted by Gasteiger charge is 2.19. The Hall–Kier alpha value is -2.18. The van der Waals surface area contributed by atoms with E-state index in [2.05, 4.69) is 60.6 Å². The van der Waals surface area contributed by atoms with Crippen LogP contribution in [0.4, 0.5) is 10.8 Å². The van der Waals surface area contributed by atoms with E-state index < -0.39 is 0 Å². The molecule has 3 rings (SSSR count). The van der Waals surface area contributed by atoms with E-state index in [1.165, 1.54) is 34.2 Å². The molecule has 2 aromatic carbocycles. The fraction of sp³-hybridized carbons (Fsp3) is 0.318. The lowest BCUT2D eigenvalue weighted by molar-refractivity contribution is 0.0994. The third-order valence-electron chi connectivity index (χ3n) is 4.53. The monoisotopic (exact) mass is 411 g/mol. The molecular formula is C22H25N3OS2. The number of benzene rings is 2. The first-order valence-corrected chi connectivity index (χ1v) is 11.2. The van der Waals surface area contributed by atoms with Crippen molar-refractivity contribution in [2.75, 3.05) is 5.32 Å². The summed E-state index contributed by atoms with van der Waals surface area (Å²) in [4.78, 5) is 12.7. The maximum atomic E-state index is 12.7. The van der Waals surface area contributed by atoms with Crippen molar-refractivity contribution < 1.29 is 4.79 Å². The normalized spacial score (nSPS) is 12.2. The van der Waals surface area contributed by atoms with Crippen molar-refractivity contribution in [1.82, 2.24) is 10.2 Å². The number of anilines is 2. The number of nitrogens with zero attached hydrogens (tertiary/aromatic N) is 2. The summed E-state index contributed by atoms with van der Waals surface area (Å²) in [6, 6.07) is 16.2. The van der Waals surface area contributed by atoms with Crippen LogP contribution in [0.3, 0.4) is 0 Å². The number of ketones is 1. The van der Waals surface area contributed by atoms with Crippen LogP contribution in [0.15, 0.2) is 52.9 Å². The Labute approximate surface area is 174 Å². The van der Waals surface area contributed by atoms with E-state index >= 15 is 0 Å². The van der Waals surface area contributed by atoms with E-state index in [-0.39, 0.29) is 11.0 Å². The number of Topliss-reactive ketones (excluding diaryl/α,β-unsaturated/α-hetero) is 1. The molecule has 28 heavy (non-hydrogen) atoms. The lowest BCUT2D eigenvalue weighted by Crippen LogP contribution is -2.13. The van der Waals surface area contributed by atoms with Gasteiger partial charge in [-0.2, -0.15) is 0 Å². The van der Waals surface area contributed by atoms with Gasteiger partial charge in [0.25, 0.3) is 0 Å². The summed E-state index contributed by atoms with van der Waals surface area (Å²) in [6.07, 6.45) is 0.972. The van der Waals surface area contributed by atoms with Crippen molar-refractivity contribution in [3.63, 3.8) is 0 Å². The minimum atomic E-state index is -0.210. The highest BCUT2D eigenvalue weighted by molar-refractivity contribution is 8.02. The molecule has 0 aliphatic carbocycles. The van der Waals surface area contributed by atoms with Crippen LogP contribution in [0.2, 0.25) is 0 Å². The van der Waals surface area contributed by atoms with E-state index in [0.29, 0.717) is 5.92 Å². The molecule has 146 valence electrons. The summed E-state index contributed by atoms with van der Waals surface area (Å²) < 4.78 is 0.785. The van der Waals surface area contributed by atoms with Gasteiger partial charge >= 0.3 is 0 Å². The highest BCUT2D eigenvalue weighted by Crippen LogP contribution is 2.32. The molecule has 0 saturated carbocycles. The first-order valence-electron chi connectivity index (χ1n) is 9.46. The minimum Gasteiger partial charge on any atom is -0.330 e. The van der Waals surface area contributed by atoms with Crippen molar-refractivity contribution in [1.29, 1.82) is 0 Å². The van der Waals surface area contributed by atoms with E-state index in [9.17, 15) is 4.79 Å². The maximum absolute atomic E-state index is 12.7. The van der Waals surface area contributed by atoms with Gasteiger partial charge in [-0.05, 0) is 42.5 Å². The summed E-state index contributed by atoms with van der Waals surface area (Å²) in [6.45, 7) is 8.38. The Morgan fingerprint density at radius 1 is 1.04 bits per heavy atom. The van der Waals surface area contributed by atoms with Crippen molar-refractivity contribution in [3.05, 3.63) is 65.2 Å². The first-order chi connectivity index (χ1) is 13.5. The summed E-state index contributed by atoms with van der Waals surface area (Å²) in [5.41, 5.74) is 4.26. The molecule has 1 aromatic heterocycles. The zero-order valence-electron chi connectivity index (χ0n) is 16.6. The van der Waals surface area contributed by atoms with Crippen LogP contribution in [-0.2, 0) is 6.42 Å². The van der Waals surface area contributed by atoms with Gasteiger partial charge in [0, 0.05) is 11.3 Å². The third kappa shape index (κ3) is 5.20. The smallest absolute Gasteiger partial charge is 0.210 e. The Bertz CT molecular complexity index is 918. The molecule has 0 bridgehead atoms. The molecule has 0 unspecified atom stereocenters. The number of hydrogen-bond acceptors (Lipinski definition) is 6. The van der Waals surface area contributed by atoms with Crippen LogP contribution in [0, 0.1) is 0 Å². The van der Waals surface area contributed by atoms with Gasteiger partial charge in [-0.15, -0.1) is 10.2 Å². The van der Waals surface area contributed by atoms with E-state index in [0.717, 1.165) is 27.1 Å². The Morgan fingerprint density at radius 2 is 1.71 bits per heavy atom. The van der Waals surface area contributed by atoms with Gasteiger partial charge in [0.1, 0.15) is 0 Å². The number of carbonyl (C=O) groups excluding carboxylic acids is 1. The van der Waals surface area contributed by atoms with Gasteiger partial charge in [-0.25, -0.2) is 0 Å². The summed E-state index contributed by atoms with van der Waals surface area (Å²) in [5.74, 6) is 0.623. The second-order valence-electron chi connectivity index (χ2n) is 6.95. The molecule has 0 spiro atoms. The Kier molecular flexibility index (Phi) is 6.86. The van der Waals surface area contributed by atoms with Gasteiger partial charge < -0.3 is 5.32 Å². The molecular weight excluding hydrogens is 386 g/mol. The van der Waals surface area contributed by atoms with Crippen LogP contribution < -0.4 is 5.32 Å². The van der Waals surface area contributed by atoms with Crippen LogP contribution in [0.1, 0.15) is 55.1 Å². The molecule has 1 heterocycles. The van der Waals surface area contributed by atoms with E-state index in [1.54, 1.807) is 0 Å². The van der Waals surface area contributed by atoms with Crippen LogP contribution in [-0.4, -0.2) is 21.2 Å². The topological polar surface area (TPSA) is 54.9 Å². The molecule has 0 aliphatic heterocycles. The Balaban J connectivity index is 1.60. The fourth-order valence-electron chi connectivity index (χ4n) is 2.73. The maximum Gasteiger partial charge on any atom is 0.210 e. The molecule has 1 N–H and O–H groups in total. The molecule has 0 saturated heterocycles. The quantitative estimate of drug-likeness (QED) is 0.347. The number of carbonyl (C=O) groups is 1. The standard InChI is InChI=1S/C22H25N3OS2/c1-5-16-6-8-18(9-7-16)20(26)15(4)27-22-25-24-21(28-22)23-19-12-10-17(11-13-19)14(2)3/h6-15H,5H2,1-4H3,(H,23,24)/t15-/m1/s1. The lowest BCUT2D eigenvalue weighted by Gasteiger charge is -2.08. The number of aryl methyl sites for hydroxylation is 1. The summed E-state index contributed by atoms with van der Waals surface area (Å²) in [5, 5.41) is 12.2. The van der Waals surface area contributed by atoms with Gasteiger partial charge in [-0.3, -0.25) is 4.79 Å². The number of aromatic nitrogens is 2. The van der Waals surface area contributed by atoms with Crippen LogP contribution in [0.25, 0.3) is 0 Å². The van der Waals surface area contributed by atoms with Gasteiger partial charge in [0.05, 0.1) is 5.25 Å². The van der Waals surface area contributed by atoms with Crippen molar-refractivity contribution in [2.45, 2.75) is 49.6 Å². The molecule has 0 amide bonds. The summed E-state index contributed by atoms with van der Waals surface area (Å²) >= 11 is 2.91. The third-order valence-corrected chi connectivity index (χ3v) is 6.55. The zero-order chi connectivity index (χ0) is 20.1. The van der Waals surface area contributed by atoms with Gasteiger partial charge in [0.2, 0.25) is 5.13 Å². The van der Waals surface area contributed by atoms with E-state index in [4.69, 9.17) is 0 Å². The second-order valence-corrected chi connectivity index (χ2v) is 9.52. The largest absolute Gasteiger partial charge is 0.330 e. The number of hydrogen-bond donors (Lipinski definition) is 1. The average Bonchev–Trinajstić information content (AvgIpc) is 3.14. The van der Waals surface area contributed by atoms with E-state index in [1.807, 2.05) is 31.2 Å². The highest BCUT2D eigenvalue weighted by atomic mass is 32.2. The van der Waals surface area contributed by atoms with Gasteiger partial charge in [0.15, 0.2) is 10.1 Å². The SMILES string of the molecule is CCc1ccc(C(=O)[C@@H](C)Sc2nnc(Nc3ccc(C(C)C)cc3)s2)cc1. The molecule has 1 atom stereocenters. The van der Waals surface area contributed by atoms with Crippen molar-refractivity contribution in [2.24, 2.45) is 0 Å². The number of thioether (sulfide) groups is 1. The van der Waals surface area contributed by atoms with Crippen molar-refractivity contribution in [3.8, 4) is 0 Å². The molecule has 4 nitrogen and oxygen atoms in total. The predicted molar refractivity (Wildman–Crippen MR) is 119 cm³/mol. The molecule has 0 fully saturated rings. The first kappa shape index (κ1) is 20.6. The van der Waals surface area contributed by atoms with Crippen molar-refractivity contribution >= 4 is 39.7 Å². The minimum absolute atomic E-state index is 0.113. The van der Waals surface area contributed by atoms with Crippen LogP contribution >= 0.6 is 23.1 Å². The number of rotatable bonds is 8. The fourth-order valence-corrected chi connectivity index (χ4v) is 4.72. The Morgan fingerprint density at radius 3 is 2.32 bits per heavy atom. The molecule has 0 aliphatic rings. The molecule has 3 aromatic rings. The summed E-state index contributed by atoms with van der Waals surface area (Å²) in [7, 11) is 0. The lowest BCUT2D eigenvalue weighted by atomic mass is 10.0. The predicted octanol–water partition coefficient (Wildman–Crippen LogP) is 6.33. The van der Waals surface area contributed by atoms with Crippen LogP contribution in [0.5, 0.6) is 0 Å². The van der Waals surface area contributed by atoms with Gasteiger partial charge in [-0.1, -0.05) is 80.3 Å². The molecule has 6 heteroatoms. The average molecular weight is 412 g/mol. The second kappa shape index (κ2) is 9.34.